The van der Waals surface area contributed by atoms with E-state index in [0.717, 1.165) is 11.3 Å². The van der Waals surface area contributed by atoms with Crippen molar-refractivity contribution >= 4 is 29.1 Å². The van der Waals surface area contributed by atoms with E-state index in [2.05, 4.69) is 4.74 Å². The summed E-state index contributed by atoms with van der Waals surface area (Å²) >= 11 is 1.11. The van der Waals surface area contributed by atoms with Crippen molar-refractivity contribution in [1.82, 2.24) is 0 Å². The van der Waals surface area contributed by atoms with E-state index in [1.54, 1.807) is 32.2 Å². The topological polar surface area (TPSA) is 78.6 Å². The summed E-state index contributed by atoms with van der Waals surface area (Å²) in [6, 6.07) is 1.57. The Kier molecular flexibility index (Phi) is 3.54. The van der Waals surface area contributed by atoms with Crippen LogP contribution in [0.25, 0.3) is 0 Å². The average Bonchev–Trinajstić information content (AvgIpc) is 2.47. The summed E-state index contributed by atoms with van der Waals surface area (Å²) in [5.74, 6) is -0.790. The Morgan fingerprint density at radius 2 is 2.00 bits per heavy atom. The highest BCUT2D eigenvalue weighted by molar-refractivity contribution is 7.12. The predicted octanol–water partition coefficient (Wildman–Crippen LogP) is 2.42. The van der Waals surface area contributed by atoms with E-state index >= 15 is 0 Å². The molecule has 0 aromatic carbocycles. The van der Waals surface area contributed by atoms with Gasteiger partial charge < -0.3 is 15.2 Å². The minimum absolute atomic E-state index is 0.200. The summed E-state index contributed by atoms with van der Waals surface area (Å²) in [7, 11) is 0. The molecule has 1 heterocycles. The number of hydrogen-bond donors (Lipinski definition) is 1. The molecule has 0 saturated heterocycles. The number of thiophene rings is 1. The van der Waals surface area contributed by atoms with Gasteiger partial charge in [0.15, 0.2) is 0 Å². The van der Waals surface area contributed by atoms with Gasteiger partial charge in [-0.3, -0.25) is 0 Å². The van der Waals surface area contributed by atoms with Crippen molar-refractivity contribution < 1.29 is 19.1 Å². The maximum Gasteiger partial charge on any atom is 0.516 e. The summed E-state index contributed by atoms with van der Waals surface area (Å²) in [6.45, 7) is 5.04. The van der Waals surface area contributed by atoms with Crippen LogP contribution in [0.1, 0.15) is 30.4 Å². The first-order valence-electron chi connectivity index (χ1n) is 4.58. The lowest BCUT2D eigenvalue weighted by atomic mass is 10.2. The molecule has 1 aromatic rings. The first-order valence-corrected chi connectivity index (χ1v) is 5.45. The molecule has 0 bridgehead atoms. The third-order valence-electron chi connectivity index (χ3n) is 1.45. The Morgan fingerprint density at radius 3 is 2.44 bits per heavy atom. The fourth-order valence-corrected chi connectivity index (χ4v) is 1.57. The predicted molar refractivity (Wildman–Crippen MR) is 60.4 cm³/mol. The number of rotatable bonds is 1. The number of carbonyl (C=O) groups excluding carboxylic acids is 2. The van der Waals surface area contributed by atoms with E-state index in [1.165, 1.54) is 0 Å². The molecule has 0 aliphatic heterocycles. The molecule has 1 rings (SSSR count). The van der Waals surface area contributed by atoms with E-state index in [4.69, 9.17) is 10.5 Å². The van der Waals surface area contributed by atoms with Gasteiger partial charge in [-0.1, -0.05) is 0 Å². The molecule has 0 radical (unpaired) electrons. The lowest BCUT2D eigenvalue weighted by Gasteiger charge is -2.17. The van der Waals surface area contributed by atoms with Crippen LogP contribution < -0.4 is 5.73 Å². The Balaban J connectivity index is 2.60. The zero-order valence-electron chi connectivity index (χ0n) is 9.27. The average molecular weight is 243 g/mol. The molecule has 2 N–H and O–H groups in total. The van der Waals surface area contributed by atoms with Crippen LogP contribution in [0.2, 0.25) is 0 Å². The van der Waals surface area contributed by atoms with Gasteiger partial charge >= 0.3 is 12.1 Å². The second-order valence-electron chi connectivity index (χ2n) is 4.06. The molecule has 6 heteroatoms. The highest BCUT2D eigenvalue weighted by atomic mass is 32.1. The molecule has 0 atom stereocenters. The summed E-state index contributed by atoms with van der Waals surface area (Å²) < 4.78 is 9.31. The minimum Gasteiger partial charge on any atom is -0.428 e. The molecular weight excluding hydrogens is 230 g/mol. The third-order valence-corrected chi connectivity index (χ3v) is 2.36. The highest BCUT2D eigenvalue weighted by Crippen LogP contribution is 2.20. The lowest BCUT2D eigenvalue weighted by Crippen LogP contribution is -2.26. The van der Waals surface area contributed by atoms with E-state index in [9.17, 15) is 9.59 Å². The standard InChI is InChI=1S/C10H13NO4S/c1-10(2,3)15-9(13)14-8(12)7-6(11)4-5-16-7/h4-5H,11H2,1-3H3. The molecule has 0 unspecified atom stereocenters. The quantitative estimate of drug-likeness (QED) is 0.605. The molecular formula is C10H13NO4S. The zero-order chi connectivity index (χ0) is 12.3. The molecule has 88 valence electrons. The van der Waals surface area contributed by atoms with Crippen LogP contribution in [-0.4, -0.2) is 17.7 Å². The second-order valence-corrected chi connectivity index (χ2v) is 4.98. The second kappa shape index (κ2) is 4.52. The Labute approximate surface area is 97.2 Å². The van der Waals surface area contributed by atoms with Gasteiger partial charge in [-0.15, -0.1) is 11.3 Å². The van der Waals surface area contributed by atoms with Gasteiger partial charge in [-0.25, -0.2) is 9.59 Å². The van der Waals surface area contributed by atoms with Crippen molar-refractivity contribution in [3.8, 4) is 0 Å². The van der Waals surface area contributed by atoms with Gasteiger partial charge in [-0.05, 0) is 32.2 Å². The van der Waals surface area contributed by atoms with Crippen LogP contribution >= 0.6 is 11.3 Å². The third kappa shape index (κ3) is 3.54. The molecule has 0 fully saturated rings. The molecule has 0 aliphatic carbocycles. The van der Waals surface area contributed by atoms with Gasteiger partial charge in [0.2, 0.25) is 0 Å². The number of hydrogen-bond acceptors (Lipinski definition) is 6. The van der Waals surface area contributed by atoms with Crippen molar-refractivity contribution in [2.75, 3.05) is 5.73 Å². The summed E-state index contributed by atoms with van der Waals surface area (Å²) in [5, 5.41) is 1.64. The highest BCUT2D eigenvalue weighted by Gasteiger charge is 2.22. The van der Waals surface area contributed by atoms with Gasteiger partial charge in [-0.2, -0.15) is 0 Å². The molecule has 5 nitrogen and oxygen atoms in total. The van der Waals surface area contributed by atoms with Gasteiger partial charge in [0.1, 0.15) is 10.5 Å². The minimum atomic E-state index is -1.02. The Bertz CT molecular complexity index is 405. The number of ether oxygens (including phenoxy) is 2. The monoisotopic (exact) mass is 243 g/mol. The zero-order valence-corrected chi connectivity index (χ0v) is 10.1. The molecule has 16 heavy (non-hydrogen) atoms. The van der Waals surface area contributed by atoms with Crippen LogP contribution in [0.5, 0.6) is 0 Å². The number of nitrogens with two attached hydrogens (primary N) is 1. The summed E-state index contributed by atoms with van der Waals surface area (Å²) in [6.07, 6.45) is -1.02. The van der Waals surface area contributed by atoms with Crippen molar-refractivity contribution in [3.63, 3.8) is 0 Å². The van der Waals surface area contributed by atoms with Crippen LogP contribution in [0.15, 0.2) is 11.4 Å². The fourth-order valence-electron chi connectivity index (χ4n) is 0.878. The molecule has 0 spiro atoms. The van der Waals surface area contributed by atoms with Crippen LogP contribution in [-0.2, 0) is 9.47 Å². The summed E-state index contributed by atoms with van der Waals surface area (Å²) in [4.78, 5) is 22.8. The smallest absolute Gasteiger partial charge is 0.428 e. The maximum atomic E-state index is 11.4. The Morgan fingerprint density at radius 1 is 1.38 bits per heavy atom. The number of esters is 1. The van der Waals surface area contributed by atoms with E-state index in [-0.39, 0.29) is 4.88 Å². The van der Waals surface area contributed by atoms with Crippen molar-refractivity contribution in [2.45, 2.75) is 26.4 Å². The Hall–Kier alpha value is -1.56. The van der Waals surface area contributed by atoms with Gasteiger partial charge in [0, 0.05) is 0 Å². The van der Waals surface area contributed by atoms with E-state index in [1.807, 2.05) is 0 Å². The maximum absolute atomic E-state index is 11.4. The van der Waals surface area contributed by atoms with Gasteiger partial charge in [0.25, 0.3) is 0 Å². The van der Waals surface area contributed by atoms with Crippen LogP contribution in [0.4, 0.5) is 10.5 Å². The van der Waals surface area contributed by atoms with E-state index in [0.29, 0.717) is 5.69 Å². The lowest BCUT2D eigenvalue weighted by molar-refractivity contribution is -0.00126. The first-order chi connectivity index (χ1) is 7.29. The molecule has 1 aromatic heterocycles. The number of nitrogen functional groups attached to an aromatic ring is 1. The van der Waals surface area contributed by atoms with Crippen LogP contribution in [0.3, 0.4) is 0 Å². The largest absolute Gasteiger partial charge is 0.516 e. The fraction of sp³-hybridized carbons (Fsp3) is 0.400. The molecule has 0 saturated carbocycles. The van der Waals surface area contributed by atoms with Crippen LogP contribution in [0, 0.1) is 0 Å². The van der Waals surface area contributed by atoms with E-state index < -0.39 is 17.7 Å². The van der Waals surface area contributed by atoms with Crippen molar-refractivity contribution in [3.05, 3.63) is 16.3 Å². The normalized spacial score (nSPS) is 10.9. The summed E-state index contributed by atoms with van der Waals surface area (Å²) in [5.41, 5.74) is 5.10. The molecule has 0 amide bonds. The number of anilines is 1. The van der Waals surface area contributed by atoms with Gasteiger partial charge in [0.05, 0.1) is 5.69 Å². The first kappa shape index (κ1) is 12.5. The van der Waals surface area contributed by atoms with Crippen molar-refractivity contribution in [2.24, 2.45) is 0 Å². The van der Waals surface area contributed by atoms with Crippen molar-refractivity contribution in [1.29, 1.82) is 0 Å². The number of carbonyl (C=O) groups is 2. The molecule has 0 aliphatic rings. The SMILES string of the molecule is CC(C)(C)OC(=O)OC(=O)c1sccc1N.